The van der Waals surface area contributed by atoms with Crippen molar-refractivity contribution in [3.8, 4) is 0 Å². The molecule has 2 aromatic heterocycles. The fourth-order valence-electron chi connectivity index (χ4n) is 2.06. The van der Waals surface area contributed by atoms with Crippen molar-refractivity contribution in [3.63, 3.8) is 0 Å². The van der Waals surface area contributed by atoms with Crippen molar-refractivity contribution < 1.29 is 13.2 Å². The Balaban J connectivity index is 2.16. The number of aryl methyl sites for hydroxylation is 4. The Labute approximate surface area is 128 Å². The average Bonchev–Trinajstić information content (AvgIpc) is 2.66. The summed E-state index contributed by atoms with van der Waals surface area (Å²) in [6, 6.07) is 2.28. The van der Waals surface area contributed by atoms with Crippen molar-refractivity contribution in [2.75, 3.05) is 5.32 Å². The van der Waals surface area contributed by atoms with E-state index in [2.05, 4.69) is 20.3 Å². The second kappa shape index (κ2) is 5.76. The molecule has 3 N–H and O–H groups in total. The number of hydrogen-bond donors (Lipinski definition) is 3. The van der Waals surface area contributed by atoms with Gasteiger partial charge in [0.1, 0.15) is 4.90 Å². The number of carbonyl (C=O) groups is 1. The predicted octanol–water partition coefficient (Wildman–Crippen LogP) is 1.55. The van der Waals surface area contributed by atoms with E-state index in [-0.39, 0.29) is 10.8 Å². The van der Waals surface area contributed by atoms with Crippen LogP contribution in [-0.2, 0) is 10.0 Å². The number of urea groups is 1. The number of nitrogens with zero attached hydrogens (tertiary/aromatic N) is 2. The number of anilines is 1. The lowest BCUT2D eigenvalue weighted by atomic mass is 10.4. The molecule has 0 atom stereocenters. The van der Waals surface area contributed by atoms with Crippen LogP contribution in [0.5, 0.6) is 0 Å². The summed E-state index contributed by atoms with van der Waals surface area (Å²) < 4.78 is 26.3. The van der Waals surface area contributed by atoms with Crippen LogP contribution in [0, 0.1) is 27.7 Å². The maximum atomic E-state index is 12.2. The number of aromatic nitrogens is 3. The van der Waals surface area contributed by atoms with Crippen LogP contribution in [0.1, 0.15) is 22.8 Å². The van der Waals surface area contributed by atoms with Gasteiger partial charge < -0.3 is 4.98 Å². The Kier molecular flexibility index (Phi) is 4.18. The smallest absolute Gasteiger partial charge is 0.335 e. The van der Waals surface area contributed by atoms with Crippen LogP contribution in [0.2, 0.25) is 0 Å². The molecular formula is C13H17N5O3S. The molecule has 0 radical (unpaired) electrons. The first-order valence-electron chi connectivity index (χ1n) is 6.49. The van der Waals surface area contributed by atoms with E-state index >= 15 is 0 Å². The summed E-state index contributed by atoms with van der Waals surface area (Å²) in [6.45, 7) is 6.85. The standard InChI is InChI=1S/C13H17N5O3S/c1-7-5-8(2)16-12(15-7)17-13(19)18-22(20,21)11-6-9(3)14-10(11)4/h5-6,14H,1-4H3,(H2,15,16,17,18,19). The highest BCUT2D eigenvalue weighted by Crippen LogP contribution is 2.15. The van der Waals surface area contributed by atoms with Crippen molar-refractivity contribution in [1.29, 1.82) is 0 Å². The van der Waals surface area contributed by atoms with Crippen molar-refractivity contribution in [3.05, 3.63) is 34.9 Å². The first-order chi connectivity index (χ1) is 10.2. The number of sulfonamides is 1. The minimum atomic E-state index is -3.96. The third-order valence-electron chi connectivity index (χ3n) is 2.83. The fraction of sp³-hybridized carbons (Fsp3) is 0.308. The topological polar surface area (TPSA) is 117 Å². The molecule has 0 aliphatic carbocycles. The molecule has 0 aliphatic heterocycles. The van der Waals surface area contributed by atoms with Gasteiger partial charge in [-0.2, -0.15) is 0 Å². The van der Waals surface area contributed by atoms with Gasteiger partial charge in [0.05, 0.1) is 0 Å². The van der Waals surface area contributed by atoms with Crippen molar-refractivity contribution >= 4 is 22.0 Å². The fourth-order valence-corrected chi connectivity index (χ4v) is 3.25. The van der Waals surface area contributed by atoms with E-state index in [4.69, 9.17) is 0 Å². The second-order valence-corrected chi connectivity index (χ2v) is 6.63. The van der Waals surface area contributed by atoms with E-state index in [1.807, 2.05) is 4.72 Å². The second-order valence-electron chi connectivity index (χ2n) is 4.98. The number of aromatic amines is 1. The molecule has 118 valence electrons. The number of H-pyrrole nitrogens is 1. The zero-order valence-electron chi connectivity index (χ0n) is 12.7. The van der Waals surface area contributed by atoms with Gasteiger partial charge >= 0.3 is 6.03 Å². The van der Waals surface area contributed by atoms with Crippen LogP contribution < -0.4 is 10.0 Å². The summed E-state index contributed by atoms with van der Waals surface area (Å²) in [4.78, 5) is 22.8. The van der Waals surface area contributed by atoms with E-state index in [9.17, 15) is 13.2 Å². The molecule has 22 heavy (non-hydrogen) atoms. The molecule has 0 bridgehead atoms. The van der Waals surface area contributed by atoms with E-state index < -0.39 is 16.1 Å². The monoisotopic (exact) mass is 323 g/mol. The van der Waals surface area contributed by atoms with E-state index in [1.165, 1.54) is 6.07 Å². The van der Waals surface area contributed by atoms with Gasteiger partial charge in [0.15, 0.2) is 0 Å². The molecule has 2 amide bonds. The van der Waals surface area contributed by atoms with Gasteiger partial charge in [-0.3, -0.25) is 5.32 Å². The number of nitrogens with one attached hydrogen (secondary N) is 3. The number of amides is 2. The lowest BCUT2D eigenvalue weighted by Gasteiger charge is -2.08. The summed E-state index contributed by atoms with van der Waals surface area (Å²) in [5, 5.41) is 2.31. The molecule has 2 heterocycles. The molecule has 2 rings (SSSR count). The van der Waals surface area contributed by atoms with Gasteiger partial charge in [-0.05, 0) is 39.8 Å². The first-order valence-corrected chi connectivity index (χ1v) is 7.98. The lowest BCUT2D eigenvalue weighted by molar-refractivity contribution is 0.256. The van der Waals surface area contributed by atoms with Crippen LogP contribution in [0.4, 0.5) is 10.7 Å². The Morgan fingerprint density at radius 3 is 2.18 bits per heavy atom. The van der Waals surface area contributed by atoms with E-state index in [0.717, 1.165) is 0 Å². The van der Waals surface area contributed by atoms with Crippen molar-refractivity contribution in [1.82, 2.24) is 19.7 Å². The third kappa shape index (κ3) is 3.61. The Hall–Kier alpha value is -2.42. The molecule has 0 unspecified atom stereocenters. The summed E-state index contributed by atoms with van der Waals surface area (Å²) in [5.41, 5.74) is 2.49. The largest absolute Gasteiger partial charge is 0.362 e. The molecule has 0 aromatic carbocycles. The van der Waals surface area contributed by atoms with E-state index in [0.29, 0.717) is 22.8 Å². The third-order valence-corrected chi connectivity index (χ3v) is 4.28. The average molecular weight is 323 g/mol. The summed E-state index contributed by atoms with van der Waals surface area (Å²) in [7, 11) is -3.96. The molecular weight excluding hydrogens is 306 g/mol. The van der Waals surface area contributed by atoms with Crippen LogP contribution >= 0.6 is 0 Å². The molecule has 0 aliphatic rings. The highest BCUT2D eigenvalue weighted by atomic mass is 32.2. The Morgan fingerprint density at radius 1 is 1.09 bits per heavy atom. The molecule has 0 saturated carbocycles. The zero-order chi connectivity index (χ0) is 16.5. The lowest BCUT2D eigenvalue weighted by Crippen LogP contribution is -2.35. The van der Waals surface area contributed by atoms with Gasteiger partial charge in [-0.15, -0.1) is 0 Å². The summed E-state index contributed by atoms with van der Waals surface area (Å²) >= 11 is 0. The Bertz CT molecular complexity index is 806. The highest BCUT2D eigenvalue weighted by molar-refractivity contribution is 7.90. The predicted molar refractivity (Wildman–Crippen MR) is 81.1 cm³/mol. The van der Waals surface area contributed by atoms with Gasteiger partial charge in [-0.25, -0.2) is 27.9 Å². The quantitative estimate of drug-likeness (QED) is 0.792. The first kappa shape index (κ1) is 16.0. The van der Waals surface area contributed by atoms with Gasteiger partial charge in [-0.1, -0.05) is 0 Å². The van der Waals surface area contributed by atoms with Crippen molar-refractivity contribution in [2.24, 2.45) is 0 Å². The van der Waals surface area contributed by atoms with Crippen LogP contribution in [0.25, 0.3) is 0 Å². The minimum Gasteiger partial charge on any atom is -0.362 e. The highest BCUT2D eigenvalue weighted by Gasteiger charge is 2.22. The number of hydrogen-bond acceptors (Lipinski definition) is 5. The summed E-state index contributed by atoms with van der Waals surface area (Å²) in [6.07, 6.45) is 0. The SMILES string of the molecule is Cc1cc(C)nc(NC(=O)NS(=O)(=O)c2cc(C)[nH]c2C)n1. The molecule has 0 saturated heterocycles. The zero-order valence-corrected chi connectivity index (χ0v) is 13.5. The molecule has 2 aromatic rings. The van der Waals surface area contributed by atoms with Gasteiger partial charge in [0.25, 0.3) is 10.0 Å². The maximum absolute atomic E-state index is 12.2. The van der Waals surface area contributed by atoms with Crippen LogP contribution in [-0.4, -0.2) is 29.4 Å². The number of carbonyl (C=O) groups excluding carboxylic acids is 1. The normalized spacial score (nSPS) is 11.3. The van der Waals surface area contributed by atoms with Crippen molar-refractivity contribution in [2.45, 2.75) is 32.6 Å². The molecule has 0 fully saturated rings. The molecule has 0 spiro atoms. The van der Waals surface area contributed by atoms with Crippen LogP contribution in [0.3, 0.4) is 0 Å². The molecule has 9 heteroatoms. The minimum absolute atomic E-state index is 0.0292. The molecule has 8 nitrogen and oxygen atoms in total. The summed E-state index contributed by atoms with van der Waals surface area (Å²) in [5.74, 6) is 0.0483. The maximum Gasteiger partial charge on any atom is 0.335 e. The van der Waals surface area contributed by atoms with Gasteiger partial charge in [0.2, 0.25) is 5.95 Å². The Morgan fingerprint density at radius 2 is 1.68 bits per heavy atom. The van der Waals surface area contributed by atoms with Crippen LogP contribution in [0.15, 0.2) is 17.0 Å². The number of rotatable bonds is 3. The van der Waals surface area contributed by atoms with Gasteiger partial charge in [0, 0.05) is 22.8 Å². The van der Waals surface area contributed by atoms with E-state index in [1.54, 1.807) is 33.8 Å².